The number of carbonyl (C=O) groups is 3. The minimum absolute atomic E-state index is 0.0274. The van der Waals surface area contributed by atoms with E-state index in [2.05, 4.69) is 16.0 Å². The number of anilines is 1. The highest BCUT2D eigenvalue weighted by Crippen LogP contribution is 2.24. The quantitative estimate of drug-likeness (QED) is 0.481. The van der Waals surface area contributed by atoms with Gasteiger partial charge in [-0.15, -0.1) is 0 Å². The van der Waals surface area contributed by atoms with Gasteiger partial charge in [-0.25, -0.2) is 9.18 Å². The van der Waals surface area contributed by atoms with Crippen LogP contribution in [-0.4, -0.2) is 22.4 Å². The number of rotatable bonds is 4. The third kappa shape index (κ3) is 3.48. The molecule has 2 heterocycles. The highest BCUT2D eigenvalue weighted by molar-refractivity contribution is 6.14. The Bertz CT molecular complexity index is 1130. The summed E-state index contributed by atoms with van der Waals surface area (Å²) in [5, 5.41) is 8.14. The predicted molar refractivity (Wildman–Crippen MR) is 102 cm³/mol. The summed E-state index contributed by atoms with van der Waals surface area (Å²) in [6.45, 7) is 0.0274. The zero-order valence-electron chi connectivity index (χ0n) is 14.5. The molecule has 0 radical (unpaired) electrons. The van der Waals surface area contributed by atoms with Crippen LogP contribution in [0.2, 0.25) is 0 Å². The van der Waals surface area contributed by atoms with E-state index >= 15 is 0 Å². The van der Waals surface area contributed by atoms with Crippen LogP contribution in [0.25, 0.3) is 17.0 Å². The summed E-state index contributed by atoms with van der Waals surface area (Å²) in [6, 6.07) is 12.4. The highest BCUT2D eigenvalue weighted by atomic mass is 19.1. The van der Waals surface area contributed by atoms with Crippen LogP contribution < -0.4 is 16.0 Å². The number of aromatic nitrogens is 1. The van der Waals surface area contributed by atoms with Crippen LogP contribution in [-0.2, 0) is 16.1 Å². The van der Waals surface area contributed by atoms with Crippen molar-refractivity contribution >= 4 is 40.5 Å². The summed E-state index contributed by atoms with van der Waals surface area (Å²) in [7, 11) is 0. The first-order chi connectivity index (χ1) is 13.5. The number of fused-ring (bicyclic) bond motifs is 1. The molecule has 0 saturated carbocycles. The van der Waals surface area contributed by atoms with E-state index in [0.717, 1.165) is 10.9 Å². The number of urea groups is 1. The lowest BCUT2D eigenvalue weighted by Gasteiger charge is -2.07. The van der Waals surface area contributed by atoms with Crippen molar-refractivity contribution < 1.29 is 18.8 Å². The molecule has 8 heteroatoms. The third-order valence-corrected chi connectivity index (χ3v) is 4.28. The Kier molecular flexibility index (Phi) is 4.36. The molecule has 1 fully saturated rings. The van der Waals surface area contributed by atoms with Crippen molar-refractivity contribution in [3.8, 4) is 0 Å². The molecule has 4 rings (SSSR count). The van der Waals surface area contributed by atoms with Gasteiger partial charge < -0.3 is 15.2 Å². The number of nitrogens with one attached hydrogen (secondary N) is 3. The average molecular weight is 378 g/mol. The number of nitrogens with zero attached hydrogens (tertiary/aromatic N) is 1. The van der Waals surface area contributed by atoms with Gasteiger partial charge >= 0.3 is 6.03 Å². The number of benzene rings is 2. The SMILES string of the molecule is O=C(Cn1cc(C=C2NC(=O)NC2=O)c2ccccc21)Nc1ccc(F)cc1. The van der Waals surface area contributed by atoms with Crippen molar-refractivity contribution in [3.63, 3.8) is 0 Å². The summed E-state index contributed by atoms with van der Waals surface area (Å²) in [5.74, 6) is -1.16. The lowest BCUT2D eigenvalue weighted by atomic mass is 10.1. The maximum Gasteiger partial charge on any atom is 0.326 e. The zero-order chi connectivity index (χ0) is 19.7. The molecule has 7 nitrogen and oxygen atoms in total. The van der Waals surface area contributed by atoms with Gasteiger partial charge in [0.1, 0.15) is 18.1 Å². The first-order valence-corrected chi connectivity index (χ1v) is 8.47. The Morgan fingerprint density at radius 3 is 2.54 bits per heavy atom. The van der Waals surface area contributed by atoms with Gasteiger partial charge in [0.2, 0.25) is 5.91 Å². The minimum atomic E-state index is -0.571. The van der Waals surface area contributed by atoms with Gasteiger partial charge in [0, 0.05) is 28.4 Å². The number of hydrogen-bond acceptors (Lipinski definition) is 3. The summed E-state index contributed by atoms with van der Waals surface area (Å²) in [4.78, 5) is 35.5. The number of para-hydroxylation sites is 1. The maximum absolute atomic E-state index is 13.0. The summed E-state index contributed by atoms with van der Waals surface area (Å²) in [6.07, 6.45) is 3.30. The normalized spacial score (nSPS) is 15.0. The second-order valence-electron chi connectivity index (χ2n) is 6.25. The molecule has 0 unspecified atom stereocenters. The van der Waals surface area contributed by atoms with Gasteiger partial charge in [-0.2, -0.15) is 0 Å². The summed E-state index contributed by atoms with van der Waals surface area (Å²) in [5.41, 5.74) is 2.13. The molecule has 0 aliphatic carbocycles. The van der Waals surface area contributed by atoms with Crippen molar-refractivity contribution in [3.05, 3.63) is 71.8 Å². The Morgan fingerprint density at radius 2 is 1.82 bits per heavy atom. The lowest BCUT2D eigenvalue weighted by molar-refractivity contribution is -0.117. The maximum atomic E-state index is 13.0. The molecule has 28 heavy (non-hydrogen) atoms. The van der Waals surface area contributed by atoms with Crippen LogP contribution in [0.4, 0.5) is 14.9 Å². The smallest absolute Gasteiger partial charge is 0.326 e. The molecule has 1 saturated heterocycles. The molecule has 1 aliphatic rings. The number of hydrogen-bond donors (Lipinski definition) is 3. The van der Waals surface area contributed by atoms with Gasteiger partial charge in [-0.05, 0) is 36.4 Å². The predicted octanol–water partition coefficient (Wildman–Crippen LogP) is 2.60. The van der Waals surface area contributed by atoms with Crippen molar-refractivity contribution in [1.82, 2.24) is 15.2 Å². The molecule has 3 aromatic rings. The molecule has 3 N–H and O–H groups in total. The summed E-state index contributed by atoms with van der Waals surface area (Å²) < 4.78 is 14.7. The van der Waals surface area contributed by atoms with Crippen molar-refractivity contribution in [2.45, 2.75) is 6.54 Å². The number of amides is 4. The van der Waals surface area contributed by atoms with E-state index in [1.807, 2.05) is 24.3 Å². The molecule has 2 aromatic carbocycles. The Labute approximate surface area is 158 Å². The molecular formula is C20H15FN4O3. The first kappa shape index (κ1) is 17.5. The number of halogens is 1. The van der Waals surface area contributed by atoms with Crippen LogP contribution in [0, 0.1) is 5.82 Å². The largest absolute Gasteiger partial charge is 0.337 e. The van der Waals surface area contributed by atoms with Gasteiger partial charge in [0.15, 0.2) is 0 Å². The van der Waals surface area contributed by atoms with Gasteiger partial charge in [-0.1, -0.05) is 18.2 Å². The van der Waals surface area contributed by atoms with Crippen LogP contribution in [0.5, 0.6) is 0 Å². The summed E-state index contributed by atoms with van der Waals surface area (Å²) >= 11 is 0. The number of imide groups is 1. The van der Waals surface area contributed by atoms with E-state index in [1.165, 1.54) is 24.3 Å². The highest BCUT2D eigenvalue weighted by Gasteiger charge is 2.23. The van der Waals surface area contributed by atoms with Crippen molar-refractivity contribution in [1.29, 1.82) is 0 Å². The van der Waals surface area contributed by atoms with E-state index in [-0.39, 0.29) is 24.0 Å². The van der Waals surface area contributed by atoms with E-state index in [9.17, 15) is 18.8 Å². The molecular weight excluding hydrogens is 363 g/mol. The van der Waals surface area contributed by atoms with E-state index in [1.54, 1.807) is 16.8 Å². The first-order valence-electron chi connectivity index (χ1n) is 8.47. The standard InChI is InChI=1S/C20H15FN4O3/c21-13-5-7-14(8-6-13)22-18(26)11-25-10-12(15-3-1-2-4-17(15)25)9-16-19(27)24-20(28)23-16/h1-10H,11H2,(H,22,26)(H2,23,24,27,28). The topological polar surface area (TPSA) is 92.2 Å². The molecule has 1 aliphatic heterocycles. The van der Waals surface area contributed by atoms with Crippen molar-refractivity contribution in [2.24, 2.45) is 0 Å². The molecule has 0 spiro atoms. The van der Waals surface area contributed by atoms with Crippen LogP contribution in [0.15, 0.2) is 60.4 Å². The van der Waals surface area contributed by atoms with E-state index in [4.69, 9.17) is 0 Å². The third-order valence-electron chi connectivity index (χ3n) is 4.28. The second-order valence-corrected chi connectivity index (χ2v) is 6.25. The lowest BCUT2D eigenvalue weighted by Crippen LogP contribution is -2.22. The zero-order valence-corrected chi connectivity index (χ0v) is 14.5. The minimum Gasteiger partial charge on any atom is -0.337 e. The van der Waals surface area contributed by atoms with E-state index in [0.29, 0.717) is 11.3 Å². The van der Waals surface area contributed by atoms with E-state index < -0.39 is 11.9 Å². The fraction of sp³-hybridized carbons (Fsp3) is 0.0500. The number of carbonyl (C=O) groups excluding carboxylic acids is 3. The van der Waals surface area contributed by atoms with Crippen LogP contribution in [0.1, 0.15) is 5.56 Å². The van der Waals surface area contributed by atoms with Crippen LogP contribution in [0.3, 0.4) is 0 Å². The average Bonchev–Trinajstić information content (AvgIpc) is 3.17. The monoisotopic (exact) mass is 378 g/mol. The molecule has 4 amide bonds. The van der Waals surface area contributed by atoms with Crippen LogP contribution >= 0.6 is 0 Å². The Hall–Kier alpha value is -3.94. The van der Waals surface area contributed by atoms with Gasteiger partial charge in [0.25, 0.3) is 5.91 Å². The molecule has 1 aromatic heterocycles. The fourth-order valence-electron chi connectivity index (χ4n) is 3.05. The molecule has 0 atom stereocenters. The Balaban J connectivity index is 1.62. The second kappa shape index (κ2) is 6.99. The van der Waals surface area contributed by atoms with Gasteiger partial charge in [-0.3, -0.25) is 14.9 Å². The molecule has 140 valence electrons. The fourth-order valence-corrected chi connectivity index (χ4v) is 3.05. The molecule has 0 bridgehead atoms. The van der Waals surface area contributed by atoms with Gasteiger partial charge in [0.05, 0.1) is 0 Å². The Morgan fingerprint density at radius 1 is 1.07 bits per heavy atom. The van der Waals surface area contributed by atoms with Crippen molar-refractivity contribution in [2.75, 3.05) is 5.32 Å².